The predicted octanol–water partition coefficient (Wildman–Crippen LogP) is 18.0. The smallest absolute Gasteiger partial charge is 0.162 e. The number of rotatable bonds is 27. The average Bonchev–Trinajstić information content (AvgIpc) is 3.88. The first-order valence-electron chi connectivity index (χ1n) is 27.4. The third kappa shape index (κ3) is 12.5. The highest BCUT2D eigenvalue weighted by Crippen LogP contribution is 2.48. The number of hydrogen-bond acceptors (Lipinski definition) is 10. The molecule has 0 aliphatic heterocycles. The monoisotopic (exact) mass is 1030 g/mol. The Morgan fingerprint density at radius 2 is 0.855 bits per heavy atom. The van der Waals surface area contributed by atoms with Crippen LogP contribution in [0.4, 0.5) is 45.5 Å². The maximum absolute atomic E-state index is 13.0. The summed E-state index contributed by atoms with van der Waals surface area (Å²) in [5.74, 6) is 0.798. The predicted molar refractivity (Wildman–Crippen MR) is 317 cm³/mol. The molecule has 0 aliphatic rings. The summed E-state index contributed by atoms with van der Waals surface area (Å²) in [7, 11) is 0. The Hall–Kier alpha value is -7.63. The lowest BCUT2D eigenvalue weighted by atomic mass is 9.93. The van der Waals surface area contributed by atoms with E-state index in [0.29, 0.717) is 82.0 Å². The van der Waals surface area contributed by atoms with Crippen LogP contribution >= 0.6 is 0 Å². The van der Waals surface area contributed by atoms with Gasteiger partial charge in [-0.1, -0.05) is 116 Å². The lowest BCUT2D eigenvalue weighted by Crippen LogP contribution is -2.12. The Morgan fingerprint density at radius 3 is 1.22 bits per heavy atom. The highest BCUT2D eigenvalue weighted by Gasteiger charge is 2.26. The van der Waals surface area contributed by atoms with E-state index < -0.39 is 0 Å². The number of Topliss-reactive ketones (excluding diaryl/α,β-unsaturated/α-hetero) is 3. The second-order valence-electron chi connectivity index (χ2n) is 19.8. The summed E-state index contributed by atoms with van der Waals surface area (Å²) in [5.41, 5.74) is 20.0. The zero-order chi connectivity index (χ0) is 53.6. The molecule has 0 aliphatic carbocycles. The van der Waals surface area contributed by atoms with Crippen molar-refractivity contribution in [2.24, 2.45) is 10.3 Å². The van der Waals surface area contributed by atoms with Crippen molar-refractivity contribution in [3.63, 3.8) is 0 Å². The molecule has 1 heterocycles. The van der Waals surface area contributed by atoms with E-state index in [1.165, 1.54) is 0 Å². The van der Waals surface area contributed by atoms with Crippen LogP contribution in [0.3, 0.4) is 0 Å². The van der Waals surface area contributed by atoms with Gasteiger partial charge in [-0.15, -0.1) is 0 Å². The molecule has 11 heteroatoms. The Balaban J connectivity index is 1.21. The fourth-order valence-electron chi connectivity index (χ4n) is 9.93. The number of fused-ring (bicyclic) bond motifs is 1. The lowest BCUT2D eigenvalue weighted by molar-refractivity contribution is 0.0972. The Morgan fingerprint density at radius 1 is 0.500 bits per heavy atom. The number of nitrogens with zero attached hydrogens (tertiary/aromatic N) is 6. The summed E-state index contributed by atoms with van der Waals surface area (Å²) < 4.78 is 4.49. The number of nitrogens with two attached hydrogens (primary N) is 1. The quantitative estimate of drug-likeness (QED) is 0.0396. The highest BCUT2D eigenvalue weighted by molar-refractivity contribution is 7.47. The number of carbonyl (C=O) groups is 3. The second kappa shape index (κ2) is 26.2. The third-order valence-corrected chi connectivity index (χ3v) is 14.6. The second-order valence-corrected chi connectivity index (χ2v) is 20.0. The first kappa shape index (κ1) is 54.6. The minimum absolute atomic E-state index is 0.129. The number of anilines is 7. The molecule has 7 aromatic carbocycles. The number of ketones is 3. The third-order valence-electron chi connectivity index (χ3n) is 14.4. The van der Waals surface area contributed by atoms with Crippen molar-refractivity contribution in [1.29, 1.82) is 0 Å². The fraction of sp³-hybridized carbons (Fsp3) is 0.308. The molecule has 8 aromatic rings. The molecule has 0 bridgehead atoms. The number of para-hydroxylation sites is 1. The molecular weight excluding hydrogens is 959 g/mol. The first-order valence-corrected chi connectivity index (χ1v) is 27.8. The minimum atomic E-state index is 0.129. The Bertz CT molecular complexity index is 3160. The van der Waals surface area contributed by atoms with Crippen molar-refractivity contribution in [2.45, 2.75) is 125 Å². The van der Waals surface area contributed by atoms with Crippen LogP contribution < -0.4 is 15.5 Å². The van der Waals surface area contributed by atoms with E-state index in [0.717, 1.165) is 109 Å². The van der Waals surface area contributed by atoms with Gasteiger partial charge in [-0.05, 0) is 152 Å². The van der Waals surface area contributed by atoms with Crippen LogP contribution in [0.25, 0.3) is 33.3 Å². The van der Waals surface area contributed by atoms with Gasteiger partial charge in [-0.2, -0.15) is 19.4 Å². The molecule has 2 N–H and O–H groups in total. The molecule has 1 aromatic heterocycles. The highest BCUT2D eigenvalue weighted by atomic mass is 32.1. The van der Waals surface area contributed by atoms with Crippen LogP contribution in [0, 0.1) is 5.92 Å². The standard InChI is InChI=1S/C65H71N7O3S/c1-6-11-18-45(10-5)44-70-67-64-60(49-30-40-56(41-31-49)72(53-36-26-47(27-37-53)58(74)22-13-8-3)54-38-28-48(29-39-54)59(75)23-14-9-4)62(66)63(69-76)61(65(64)68-70)50-32-42-55(43-33-50)71(51-19-16-15-17-20-51)52-34-24-46(25-35-52)57(73)21-12-7-2/h15-17,19-20,24-43,45H,6-14,18,21-23,44,66H2,1-5H3. The Kier molecular flexibility index (Phi) is 18.9. The van der Waals surface area contributed by atoms with Crippen LogP contribution in [-0.2, 0) is 19.0 Å². The topological polar surface area (TPSA) is 127 Å². The van der Waals surface area contributed by atoms with Crippen LogP contribution in [0.2, 0.25) is 0 Å². The molecule has 0 spiro atoms. The van der Waals surface area contributed by atoms with Crippen molar-refractivity contribution < 1.29 is 14.4 Å². The number of hydrogen-bond donors (Lipinski definition) is 1. The molecule has 76 heavy (non-hydrogen) atoms. The van der Waals surface area contributed by atoms with E-state index in [2.05, 4.69) is 97.3 Å². The van der Waals surface area contributed by atoms with E-state index in [1.54, 1.807) is 0 Å². The fourth-order valence-corrected chi connectivity index (χ4v) is 10.1. The summed E-state index contributed by atoms with van der Waals surface area (Å²) in [6, 6.07) is 50.0. The molecule has 0 radical (unpaired) electrons. The first-order chi connectivity index (χ1) is 37.1. The molecule has 1 atom stereocenters. The number of nitrogen functional groups attached to an aromatic ring is 1. The largest absolute Gasteiger partial charge is 0.396 e. The summed E-state index contributed by atoms with van der Waals surface area (Å²) >= 11 is 5.62. The van der Waals surface area contributed by atoms with E-state index in [4.69, 9.17) is 28.4 Å². The van der Waals surface area contributed by atoms with Gasteiger partial charge in [-0.25, -0.2) is 0 Å². The Labute approximate surface area is 454 Å². The van der Waals surface area contributed by atoms with Crippen LogP contribution in [0.5, 0.6) is 0 Å². The number of benzene rings is 7. The molecule has 0 saturated heterocycles. The van der Waals surface area contributed by atoms with E-state index in [1.807, 2.05) is 108 Å². The van der Waals surface area contributed by atoms with E-state index >= 15 is 0 Å². The normalized spacial score (nSPS) is 11.6. The van der Waals surface area contributed by atoms with Crippen LogP contribution in [0.1, 0.15) is 149 Å². The molecular formula is C65H71N7O3S. The molecule has 1 unspecified atom stereocenters. The molecule has 10 nitrogen and oxygen atoms in total. The van der Waals surface area contributed by atoms with Gasteiger partial charge >= 0.3 is 0 Å². The molecule has 0 fully saturated rings. The van der Waals surface area contributed by atoms with Crippen molar-refractivity contribution in [3.05, 3.63) is 168 Å². The zero-order valence-electron chi connectivity index (χ0n) is 44.8. The van der Waals surface area contributed by atoms with Crippen LogP contribution in [-0.4, -0.2) is 32.3 Å². The van der Waals surface area contributed by atoms with Crippen molar-refractivity contribution in [2.75, 3.05) is 15.5 Å². The van der Waals surface area contributed by atoms with Crippen molar-refractivity contribution >= 4 is 86.3 Å². The molecule has 8 rings (SSSR count). The van der Waals surface area contributed by atoms with Gasteiger partial charge in [0.2, 0.25) is 0 Å². The lowest BCUT2D eigenvalue weighted by Gasteiger charge is -2.26. The van der Waals surface area contributed by atoms with Gasteiger partial charge < -0.3 is 15.5 Å². The number of aromatic nitrogens is 3. The maximum atomic E-state index is 13.0. The van der Waals surface area contributed by atoms with Gasteiger partial charge in [0, 0.05) is 93.6 Å². The van der Waals surface area contributed by atoms with Gasteiger partial charge in [0.1, 0.15) is 16.7 Å². The zero-order valence-corrected chi connectivity index (χ0v) is 45.6. The summed E-state index contributed by atoms with van der Waals surface area (Å²) in [4.78, 5) is 45.2. The van der Waals surface area contributed by atoms with Crippen molar-refractivity contribution in [3.8, 4) is 22.3 Å². The van der Waals surface area contributed by atoms with Crippen molar-refractivity contribution in [1.82, 2.24) is 15.0 Å². The van der Waals surface area contributed by atoms with E-state index in [-0.39, 0.29) is 17.3 Å². The van der Waals surface area contributed by atoms with Gasteiger partial charge in [0.05, 0.1) is 12.2 Å². The van der Waals surface area contributed by atoms with Crippen LogP contribution in [0.15, 0.2) is 156 Å². The minimum Gasteiger partial charge on any atom is -0.396 e. The maximum Gasteiger partial charge on any atom is 0.162 e. The number of carbonyl (C=O) groups excluding carboxylic acids is 3. The van der Waals surface area contributed by atoms with Gasteiger partial charge in [0.15, 0.2) is 17.3 Å². The van der Waals surface area contributed by atoms with Gasteiger partial charge in [0.25, 0.3) is 0 Å². The molecule has 390 valence electrons. The molecule has 0 saturated carbocycles. The van der Waals surface area contributed by atoms with E-state index in [9.17, 15) is 14.4 Å². The summed E-state index contributed by atoms with van der Waals surface area (Å²) in [6.45, 7) is 11.4. The molecule has 0 amide bonds. The SMILES string of the molecule is CCCCC(=O)c1ccc(N(c2ccc(C(=O)CCCC)cc2)c2ccc(-c3c(N)c(N=S)c(-c4ccc(N(c5ccccc5)c5ccc(C(=O)CCCC)cc5)cc4)c4nn(CC(CC)CCCC)nc34)cc2)cc1. The average molecular weight is 1030 g/mol. The number of unbranched alkanes of at least 4 members (excludes halogenated alkanes) is 4. The van der Waals surface area contributed by atoms with Gasteiger partial charge in [-0.3, -0.25) is 14.4 Å². The summed E-state index contributed by atoms with van der Waals surface area (Å²) in [5, 5.41) is 10.5. The summed E-state index contributed by atoms with van der Waals surface area (Å²) in [6.07, 6.45) is 11.3.